The number of carbonyl (C=O) groups excluding carboxylic acids is 2. The third kappa shape index (κ3) is 4.57. The number of methoxy groups -OCH3 is 1. The highest BCUT2D eigenvalue weighted by molar-refractivity contribution is 5.69. The van der Waals surface area contributed by atoms with Gasteiger partial charge in [-0.25, -0.2) is 0 Å². The van der Waals surface area contributed by atoms with Gasteiger partial charge in [-0.1, -0.05) is 41.0 Å². The summed E-state index contributed by atoms with van der Waals surface area (Å²) < 4.78 is 10.7. The topological polar surface area (TPSA) is 72.8 Å². The zero-order chi connectivity index (χ0) is 25.5. The van der Waals surface area contributed by atoms with Crippen molar-refractivity contribution in [1.29, 1.82) is 0 Å². The Kier molecular flexibility index (Phi) is 7.96. The fraction of sp³-hybridized carbons (Fsp3) is 0.933. The van der Waals surface area contributed by atoms with Gasteiger partial charge in [0.25, 0.3) is 0 Å². The van der Waals surface area contributed by atoms with Gasteiger partial charge in [-0.3, -0.25) is 9.59 Å². The van der Waals surface area contributed by atoms with Gasteiger partial charge in [-0.15, -0.1) is 0 Å². The molecule has 0 aromatic heterocycles. The molecular weight excluding hydrogens is 440 g/mol. The van der Waals surface area contributed by atoms with Crippen LogP contribution in [0, 0.1) is 52.3 Å². The van der Waals surface area contributed by atoms with Gasteiger partial charge in [-0.05, 0) is 104 Å². The minimum atomic E-state index is -0.266. The summed E-state index contributed by atoms with van der Waals surface area (Å²) in [6.45, 7) is 11.4. The molecule has 4 rings (SSSR count). The molecule has 5 nitrogen and oxygen atoms in total. The highest BCUT2D eigenvalue weighted by Crippen LogP contribution is 2.69. The molecule has 200 valence electrons. The lowest BCUT2D eigenvalue weighted by molar-refractivity contribution is -0.207. The van der Waals surface area contributed by atoms with E-state index in [9.17, 15) is 14.7 Å². The Morgan fingerprint density at radius 1 is 0.971 bits per heavy atom. The third-order valence-corrected chi connectivity index (χ3v) is 11.7. The largest absolute Gasteiger partial charge is 0.469 e. The monoisotopic (exact) mass is 490 g/mol. The van der Waals surface area contributed by atoms with Crippen molar-refractivity contribution < 1.29 is 24.2 Å². The molecule has 4 aliphatic carbocycles. The van der Waals surface area contributed by atoms with Crippen LogP contribution in [0.25, 0.3) is 0 Å². The predicted octanol–water partition coefficient (Wildman–Crippen LogP) is 6.16. The highest BCUT2D eigenvalue weighted by atomic mass is 16.5. The van der Waals surface area contributed by atoms with Crippen LogP contribution in [-0.2, 0) is 19.1 Å². The maximum absolute atomic E-state index is 12.0. The van der Waals surface area contributed by atoms with E-state index in [1.165, 1.54) is 32.8 Å². The Morgan fingerprint density at radius 2 is 1.66 bits per heavy atom. The van der Waals surface area contributed by atoms with Crippen molar-refractivity contribution in [3.05, 3.63) is 0 Å². The van der Waals surface area contributed by atoms with E-state index in [-0.39, 0.29) is 40.9 Å². The van der Waals surface area contributed by atoms with Crippen molar-refractivity contribution in [2.45, 2.75) is 117 Å². The molecule has 0 amide bonds. The summed E-state index contributed by atoms with van der Waals surface area (Å²) in [5, 5.41) is 12.0. The lowest BCUT2D eigenvalue weighted by Gasteiger charge is -2.64. The first-order valence-electron chi connectivity index (χ1n) is 14.5. The van der Waals surface area contributed by atoms with Crippen molar-refractivity contribution >= 4 is 11.9 Å². The van der Waals surface area contributed by atoms with Crippen LogP contribution in [0.2, 0.25) is 0 Å². The second-order valence-corrected chi connectivity index (χ2v) is 13.0. The van der Waals surface area contributed by atoms with Crippen molar-refractivity contribution in [3.63, 3.8) is 0 Å². The van der Waals surface area contributed by atoms with E-state index in [2.05, 4.69) is 27.7 Å². The number of carbonyl (C=O) groups is 2. The number of aliphatic hydroxyl groups is 1. The van der Waals surface area contributed by atoms with Crippen LogP contribution in [0.3, 0.4) is 0 Å². The number of rotatable bonds is 7. The summed E-state index contributed by atoms with van der Waals surface area (Å²) in [5.41, 5.74) is 0.461. The first-order chi connectivity index (χ1) is 16.6. The molecule has 0 heterocycles. The second kappa shape index (κ2) is 10.3. The summed E-state index contributed by atoms with van der Waals surface area (Å²) in [7, 11) is 1.48. The maximum atomic E-state index is 12.0. The molecule has 1 N–H and O–H groups in total. The minimum absolute atomic E-state index is 0.0127. The molecule has 0 bridgehead atoms. The summed E-state index contributed by atoms with van der Waals surface area (Å²) in [6, 6.07) is 0. The first kappa shape index (κ1) is 26.9. The fourth-order valence-electron chi connectivity index (χ4n) is 9.94. The molecule has 1 unspecified atom stereocenters. The van der Waals surface area contributed by atoms with Crippen molar-refractivity contribution in [3.8, 4) is 0 Å². The number of fused-ring (bicyclic) bond motifs is 5. The molecule has 4 fully saturated rings. The Morgan fingerprint density at radius 3 is 2.31 bits per heavy atom. The second-order valence-electron chi connectivity index (χ2n) is 13.0. The molecule has 11 atom stereocenters. The minimum Gasteiger partial charge on any atom is -0.469 e. The van der Waals surface area contributed by atoms with E-state index in [1.807, 2.05) is 6.92 Å². The van der Waals surface area contributed by atoms with Crippen LogP contribution in [-0.4, -0.2) is 36.4 Å². The van der Waals surface area contributed by atoms with Crippen molar-refractivity contribution in [2.75, 3.05) is 7.11 Å². The van der Waals surface area contributed by atoms with Gasteiger partial charge in [0.15, 0.2) is 0 Å². The predicted molar refractivity (Wildman–Crippen MR) is 136 cm³/mol. The van der Waals surface area contributed by atoms with Crippen LogP contribution in [0.1, 0.15) is 105 Å². The smallest absolute Gasteiger partial charge is 0.305 e. The molecule has 0 aromatic carbocycles. The summed E-state index contributed by atoms with van der Waals surface area (Å²) >= 11 is 0. The summed E-state index contributed by atoms with van der Waals surface area (Å²) in [5.74, 6) is 3.10. The molecule has 0 radical (unpaired) electrons. The van der Waals surface area contributed by atoms with E-state index >= 15 is 0 Å². The molecular formula is C30H50O5. The van der Waals surface area contributed by atoms with Crippen LogP contribution < -0.4 is 0 Å². The molecule has 0 aromatic rings. The van der Waals surface area contributed by atoms with E-state index in [0.717, 1.165) is 32.1 Å². The highest BCUT2D eigenvalue weighted by Gasteiger charge is 2.65. The van der Waals surface area contributed by atoms with Gasteiger partial charge in [0.2, 0.25) is 0 Å². The van der Waals surface area contributed by atoms with E-state index in [4.69, 9.17) is 9.47 Å². The number of ether oxygens (including phenoxy) is 2. The Labute approximate surface area is 213 Å². The van der Waals surface area contributed by atoms with Gasteiger partial charge in [-0.2, -0.15) is 0 Å². The van der Waals surface area contributed by atoms with Crippen LogP contribution in [0.4, 0.5) is 0 Å². The lowest BCUT2D eigenvalue weighted by atomic mass is 9.41. The maximum Gasteiger partial charge on any atom is 0.305 e. The third-order valence-electron chi connectivity index (χ3n) is 11.7. The molecule has 0 spiro atoms. The average molecular weight is 491 g/mol. The van der Waals surface area contributed by atoms with Crippen molar-refractivity contribution in [2.24, 2.45) is 52.3 Å². The first-order valence-corrected chi connectivity index (χ1v) is 14.5. The van der Waals surface area contributed by atoms with Crippen molar-refractivity contribution in [1.82, 2.24) is 0 Å². The molecule has 4 aliphatic rings. The van der Waals surface area contributed by atoms with Crippen LogP contribution in [0.5, 0.6) is 0 Å². The SMILES string of the molecule is CCC(=O)O[C@@H]1CC[C@@]2(C)[C@@H](C1)[C@@H](CC)[C@@H](O)[C@@H]1[C@@H]2CC[C@]2(C)[C@@H](C(C)CCC(=O)OC)CC[C@@H]12. The van der Waals surface area contributed by atoms with Gasteiger partial charge < -0.3 is 14.6 Å². The number of aliphatic hydroxyl groups excluding tert-OH is 1. The Balaban J connectivity index is 1.55. The molecule has 0 aliphatic heterocycles. The van der Waals surface area contributed by atoms with Gasteiger partial charge in [0.05, 0.1) is 13.2 Å². The molecule has 5 heteroatoms. The van der Waals surface area contributed by atoms with E-state index in [0.29, 0.717) is 48.3 Å². The fourth-order valence-corrected chi connectivity index (χ4v) is 9.94. The van der Waals surface area contributed by atoms with Crippen LogP contribution >= 0.6 is 0 Å². The number of hydrogen-bond donors (Lipinski definition) is 1. The zero-order valence-electron chi connectivity index (χ0n) is 23.1. The van der Waals surface area contributed by atoms with E-state index in [1.54, 1.807) is 0 Å². The standard InChI is InChI=1S/C30H50O5/c1-7-20-24-17-19(35-25(31)8-2)13-15-30(24,5)23-14-16-29(4)21(18(3)9-12-26(32)34-6)10-11-22(29)27(23)28(20)33/h18-24,27-28,33H,7-17H2,1-6H3/t18?,19-,20-,21-,22+,23+,24+,27+,28-,29-,30-/m1/s1. The number of esters is 2. The number of hydrogen-bond acceptors (Lipinski definition) is 5. The van der Waals surface area contributed by atoms with Gasteiger partial charge in [0, 0.05) is 12.8 Å². The van der Waals surface area contributed by atoms with Crippen LogP contribution in [0.15, 0.2) is 0 Å². The summed E-state index contributed by atoms with van der Waals surface area (Å²) in [4.78, 5) is 23.8. The summed E-state index contributed by atoms with van der Waals surface area (Å²) in [6.07, 6.45) is 10.4. The van der Waals surface area contributed by atoms with Gasteiger partial charge >= 0.3 is 11.9 Å². The lowest BCUT2D eigenvalue weighted by Crippen LogP contribution is -2.62. The molecule has 4 saturated carbocycles. The normalized spacial score (nSPS) is 45.6. The molecule has 0 saturated heterocycles. The zero-order valence-corrected chi connectivity index (χ0v) is 23.1. The Bertz CT molecular complexity index is 781. The van der Waals surface area contributed by atoms with Gasteiger partial charge in [0.1, 0.15) is 6.10 Å². The molecule has 35 heavy (non-hydrogen) atoms. The van der Waals surface area contributed by atoms with E-state index < -0.39 is 0 Å². The quantitative estimate of drug-likeness (QED) is 0.433. The average Bonchev–Trinajstić information content (AvgIpc) is 3.20. The Hall–Kier alpha value is -1.10.